The molecule has 0 unspecified atom stereocenters. The van der Waals surface area contributed by atoms with Crippen LogP contribution in [0.4, 0.5) is 10.8 Å². The van der Waals surface area contributed by atoms with Crippen molar-refractivity contribution >= 4 is 28.9 Å². The van der Waals surface area contributed by atoms with E-state index in [9.17, 15) is 14.4 Å². The monoisotopic (exact) mass is 591 g/mol. The average molecular weight is 592 g/mol. The molecule has 224 valence electrons. The number of carbonyl (C=O) groups excluding carboxylic acids is 2. The number of nitrogens with one attached hydrogen (secondary N) is 2. The summed E-state index contributed by atoms with van der Waals surface area (Å²) in [5.41, 5.74) is 3.87. The molecule has 2 heterocycles. The smallest absolute Gasteiger partial charge is 0.407 e. The van der Waals surface area contributed by atoms with Gasteiger partial charge in [-0.1, -0.05) is 72.8 Å². The highest BCUT2D eigenvalue weighted by Crippen LogP contribution is 2.21. The highest BCUT2D eigenvalue weighted by molar-refractivity contribution is 5.85. The number of amides is 2. The van der Waals surface area contributed by atoms with E-state index >= 15 is 0 Å². The van der Waals surface area contributed by atoms with E-state index in [1.807, 2.05) is 66.7 Å². The number of hydrogen-bond donors (Lipinski definition) is 2. The third kappa shape index (κ3) is 7.65. The third-order valence-electron chi connectivity index (χ3n) is 7.20. The summed E-state index contributed by atoms with van der Waals surface area (Å²) in [7, 11) is 1.74. The Morgan fingerprint density at radius 1 is 0.932 bits per heavy atom. The molecular weight excluding hydrogens is 558 g/mol. The van der Waals surface area contributed by atoms with Crippen LogP contribution in [0.3, 0.4) is 0 Å². The molecule has 0 aliphatic carbocycles. The highest BCUT2D eigenvalue weighted by atomic mass is 16.5. The van der Waals surface area contributed by atoms with Gasteiger partial charge >= 0.3 is 11.7 Å². The lowest BCUT2D eigenvalue weighted by Gasteiger charge is -2.25. The molecule has 0 radical (unpaired) electrons. The van der Waals surface area contributed by atoms with Crippen molar-refractivity contribution in [3.63, 3.8) is 0 Å². The predicted octanol–water partition coefficient (Wildman–Crippen LogP) is 5.00. The standard InChI is InChI=1S/C34H33N5O5/c1-23-27(20-36-34(42)43-22-26-14-9-17-35-19-26)15-16-28-30(23)32(41)44-33(37-28)38-29(18-24-10-5-3-6-11-24)31(40)39(2)21-25-12-7-4-8-13-25/h3-17,19,29H,18,20-22H2,1-2H3,(H,36,42)(H,37,38)/t29-/m0/s1. The van der Waals surface area contributed by atoms with E-state index in [4.69, 9.17) is 9.15 Å². The molecule has 2 amide bonds. The Hall–Kier alpha value is -5.51. The summed E-state index contributed by atoms with van der Waals surface area (Å²) < 4.78 is 10.8. The maximum Gasteiger partial charge on any atom is 0.407 e. The Bertz CT molecular complexity index is 1780. The maximum atomic E-state index is 13.6. The van der Waals surface area contributed by atoms with Crippen molar-refractivity contribution in [3.8, 4) is 0 Å². The molecule has 3 aromatic carbocycles. The van der Waals surface area contributed by atoms with E-state index in [2.05, 4.69) is 20.6 Å². The zero-order chi connectivity index (χ0) is 30.9. The van der Waals surface area contributed by atoms with E-state index < -0.39 is 17.8 Å². The number of rotatable bonds is 11. The van der Waals surface area contributed by atoms with Crippen LogP contribution in [0.1, 0.15) is 27.8 Å². The minimum absolute atomic E-state index is 0.0471. The van der Waals surface area contributed by atoms with E-state index in [0.717, 1.165) is 16.7 Å². The summed E-state index contributed by atoms with van der Waals surface area (Å²) in [4.78, 5) is 49.2. The quantitative estimate of drug-likeness (QED) is 0.220. The van der Waals surface area contributed by atoms with Gasteiger partial charge in [0.2, 0.25) is 5.91 Å². The topological polar surface area (TPSA) is 127 Å². The normalized spacial score (nSPS) is 11.5. The van der Waals surface area contributed by atoms with Crippen molar-refractivity contribution in [3.05, 3.63) is 136 Å². The van der Waals surface area contributed by atoms with Gasteiger partial charge in [0, 0.05) is 44.5 Å². The van der Waals surface area contributed by atoms with Gasteiger partial charge in [-0.2, -0.15) is 4.98 Å². The number of likely N-dealkylation sites (N-methyl/N-ethyl adjacent to an activating group) is 1. The number of alkyl carbamates (subject to hydrolysis) is 1. The largest absolute Gasteiger partial charge is 0.445 e. The molecule has 1 atom stereocenters. The highest BCUT2D eigenvalue weighted by Gasteiger charge is 2.25. The predicted molar refractivity (Wildman–Crippen MR) is 167 cm³/mol. The first-order valence-electron chi connectivity index (χ1n) is 14.2. The maximum absolute atomic E-state index is 13.6. The number of aromatic nitrogens is 2. The number of fused-ring (bicyclic) bond motifs is 1. The molecule has 10 heteroatoms. The van der Waals surface area contributed by atoms with Crippen LogP contribution in [0.15, 0.2) is 107 Å². The van der Waals surface area contributed by atoms with Gasteiger partial charge in [-0.15, -0.1) is 0 Å². The number of anilines is 1. The number of pyridine rings is 1. The molecule has 0 aliphatic rings. The lowest BCUT2D eigenvalue weighted by molar-refractivity contribution is -0.131. The molecule has 0 bridgehead atoms. The molecule has 10 nitrogen and oxygen atoms in total. The molecule has 0 aliphatic heterocycles. The van der Waals surface area contributed by atoms with Crippen LogP contribution in [-0.4, -0.2) is 40.0 Å². The number of nitrogens with zero attached hydrogens (tertiary/aromatic N) is 3. The lowest BCUT2D eigenvalue weighted by atomic mass is 10.0. The van der Waals surface area contributed by atoms with Crippen molar-refractivity contribution in [2.45, 2.75) is 39.1 Å². The zero-order valence-electron chi connectivity index (χ0n) is 24.5. The summed E-state index contributed by atoms with van der Waals surface area (Å²) in [6.45, 7) is 2.44. The Kier molecular flexibility index (Phi) is 9.61. The number of hydrogen-bond acceptors (Lipinski definition) is 8. The molecular formula is C34H33N5O5. The fourth-order valence-electron chi connectivity index (χ4n) is 4.87. The van der Waals surface area contributed by atoms with Crippen molar-refractivity contribution < 1.29 is 18.7 Å². The van der Waals surface area contributed by atoms with E-state index in [-0.39, 0.29) is 25.1 Å². The number of ether oxygens (including phenoxy) is 1. The van der Waals surface area contributed by atoms with Gasteiger partial charge in [-0.25, -0.2) is 9.59 Å². The molecule has 2 aromatic heterocycles. The Labute approximate surface area is 254 Å². The van der Waals surface area contributed by atoms with Crippen LogP contribution < -0.4 is 16.3 Å². The van der Waals surface area contributed by atoms with Crippen LogP contribution in [0, 0.1) is 6.92 Å². The van der Waals surface area contributed by atoms with Gasteiger partial charge in [0.15, 0.2) is 0 Å². The fourth-order valence-corrected chi connectivity index (χ4v) is 4.87. The van der Waals surface area contributed by atoms with Crippen molar-refractivity contribution in [1.29, 1.82) is 0 Å². The van der Waals surface area contributed by atoms with Gasteiger partial charge < -0.3 is 24.7 Å². The van der Waals surface area contributed by atoms with Crippen molar-refractivity contribution in [1.82, 2.24) is 20.2 Å². The van der Waals surface area contributed by atoms with E-state index in [1.54, 1.807) is 49.5 Å². The minimum atomic E-state index is -0.735. The minimum Gasteiger partial charge on any atom is -0.445 e. The molecule has 5 rings (SSSR count). The summed E-state index contributed by atoms with van der Waals surface area (Å²) >= 11 is 0. The number of carbonyl (C=O) groups is 2. The molecule has 44 heavy (non-hydrogen) atoms. The van der Waals surface area contributed by atoms with Crippen molar-refractivity contribution in [2.24, 2.45) is 0 Å². The second-order valence-corrected chi connectivity index (χ2v) is 10.4. The molecule has 0 fully saturated rings. The second kappa shape index (κ2) is 14.1. The Balaban J connectivity index is 1.31. The molecule has 0 saturated heterocycles. The van der Waals surface area contributed by atoms with Gasteiger partial charge in [0.05, 0.1) is 10.9 Å². The first-order valence-corrected chi connectivity index (χ1v) is 14.2. The van der Waals surface area contributed by atoms with Crippen LogP contribution >= 0.6 is 0 Å². The summed E-state index contributed by atoms with van der Waals surface area (Å²) in [6.07, 6.45) is 3.04. The summed E-state index contributed by atoms with van der Waals surface area (Å²) in [6, 6.07) is 25.6. The second-order valence-electron chi connectivity index (χ2n) is 10.4. The van der Waals surface area contributed by atoms with Crippen LogP contribution in [0.2, 0.25) is 0 Å². The van der Waals surface area contributed by atoms with E-state index in [0.29, 0.717) is 35.0 Å². The summed E-state index contributed by atoms with van der Waals surface area (Å²) in [5.74, 6) is -0.171. The lowest BCUT2D eigenvalue weighted by Crippen LogP contribution is -2.42. The molecule has 0 saturated carbocycles. The first kappa shape index (κ1) is 30.0. The summed E-state index contributed by atoms with van der Waals surface area (Å²) in [5, 5.41) is 6.08. The third-order valence-corrected chi connectivity index (χ3v) is 7.20. The van der Waals surface area contributed by atoms with Crippen molar-refractivity contribution in [2.75, 3.05) is 12.4 Å². The molecule has 2 N–H and O–H groups in total. The number of aryl methyl sites for hydroxylation is 1. The molecule has 0 spiro atoms. The SMILES string of the molecule is Cc1c(CNC(=O)OCc2cccnc2)ccc2nc(N[C@@H](Cc3ccccc3)C(=O)N(C)Cc3ccccc3)oc(=O)c12. The van der Waals surface area contributed by atoms with E-state index in [1.165, 1.54) is 0 Å². The average Bonchev–Trinajstić information content (AvgIpc) is 3.04. The first-order chi connectivity index (χ1) is 21.4. The Morgan fingerprint density at radius 3 is 2.34 bits per heavy atom. The van der Waals surface area contributed by atoms with Gasteiger partial charge in [-0.3, -0.25) is 9.78 Å². The fraction of sp³-hybridized carbons (Fsp3) is 0.206. The zero-order valence-corrected chi connectivity index (χ0v) is 24.5. The molecule has 5 aromatic rings. The van der Waals surface area contributed by atoms with Gasteiger partial charge in [0.25, 0.3) is 6.01 Å². The van der Waals surface area contributed by atoms with Gasteiger partial charge in [0.1, 0.15) is 12.6 Å². The van der Waals surface area contributed by atoms with Crippen LogP contribution in [-0.2, 0) is 35.6 Å². The van der Waals surface area contributed by atoms with Crippen LogP contribution in [0.5, 0.6) is 0 Å². The van der Waals surface area contributed by atoms with Gasteiger partial charge in [-0.05, 0) is 41.3 Å². The van der Waals surface area contributed by atoms with Crippen LogP contribution in [0.25, 0.3) is 10.9 Å². The Morgan fingerprint density at radius 2 is 1.64 bits per heavy atom. The number of benzene rings is 3.